The number of hydrogen-bond donors (Lipinski definition) is 1. The molecule has 3 rings (SSSR count). The first-order valence-corrected chi connectivity index (χ1v) is 7.10. The van der Waals surface area contributed by atoms with Gasteiger partial charge in [-0.3, -0.25) is 4.79 Å². The second kappa shape index (κ2) is 6.48. The minimum atomic E-state index is -0.301. The van der Waals surface area contributed by atoms with E-state index < -0.39 is 0 Å². The molecule has 1 aromatic carbocycles. The van der Waals surface area contributed by atoms with Crippen LogP contribution in [0, 0.1) is 12.4 Å². The fourth-order valence-electron chi connectivity index (χ4n) is 2.16. The second-order valence-corrected chi connectivity index (χ2v) is 5.18. The van der Waals surface area contributed by atoms with E-state index >= 15 is 0 Å². The van der Waals surface area contributed by atoms with Crippen LogP contribution < -0.4 is 5.32 Å². The molecule has 0 aliphatic carbocycles. The van der Waals surface area contributed by atoms with Gasteiger partial charge in [0.1, 0.15) is 11.6 Å². The number of azo groups is 2. The number of benzene rings is 1. The Morgan fingerprint density at radius 3 is 2.52 bits per heavy atom. The van der Waals surface area contributed by atoms with E-state index in [2.05, 4.69) is 15.4 Å². The van der Waals surface area contributed by atoms with Crippen LogP contribution in [0.5, 0.6) is 0 Å². The average Bonchev–Trinajstić information content (AvgIpc) is 2.98. The van der Waals surface area contributed by atoms with Crippen LogP contribution in [0.15, 0.2) is 59.5 Å². The third kappa shape index (κ3) is 3.85. The first kappa shape index (κ1) is 15.0. The molecule has 0 unspecified atom stereocenters. The summed E-state index contributed by atoms with van der Waals surface area (Å²) < 4.78 is 14.4. The number of rotatable bonds is 4. The van der Waals surface area contributed by atoms with Crippen LogP contribution in [-0.2, 0) is 11.2 Å². The molecule has 0 atom stereocenters. The van der Waals surface area contributed by atoms with Crippen molar-refractivity contribution >= 4 is 11.7 Å². The SMILES string of the molecule is C[N+]1=NC(C(=O)Nc2ccc(Cc3ccc(F)cc3)cn2)=C[CH]1. The molecule has 2 heterocycles. The molecule has 1 aromatic heterocycles. The van der Waals surface area contributed by atoms with Gasteiger partial charge in [0.15, 0.2) is 12.7 Å². The van der Waals surface area contributed by atoms with Crippen molar-refractivity contribution in [3.05, 3.63) is 77.9 Å². The van der Waals surface area contributed by atoms with Gasteiger partial charge in [-0.1, -0.05) is 18.2 Å². The summed E-state index contributed by atoms with van der Waals surface area (Å²) in [6.45, 7) is 1.70. The lowest BCUT2D eigenvalue weighted by molar-refractivity contribution is -0.512. The standard InChI is InChI=1S/C17H15FN4O/c1-22-9-8-15(21-22)17(23)20-16-7-4-13(11-19-16)10-12-2-5-14(18)6-3-12/h2-9,11H,10H2,1H3,(H,19,20,23)/q+1. The van der Waals surface area contributed by atoms with Crippen molar-refractivity contribution in [3.63, 3.8) is 0 Å². The van der Waals surface area contributed by atoms with E-state index in [4.69, 9.17) is 0 Å². The third-order valence-corrected chi connectivity index (χ3v) is 3.33. The van der Waals surface area contributed by atoms with Crippen molar-refractivity contribution in [2.75, 3.05) is 12.4 Å². The Labute approximate surface area is 133 Å². The molecule has 6 heteroatoms. The number of nitrogens with zero attached hydrogens (tertiary/aromatic N) is 3. The zero-order chi connectivity index (χ0) is 16.2. The maximum atomic E-state index is 12.9. The number of hydrogen-bond acceptors (Lipinski definition) is 3. The minimum absolute atomic E-state index is 0.251. The van der Waals surface area contributed by atoms with Crippen LogP contribution in [0.3, 0.4) is 0 Å². The van der Waals surface area contributed by atoms with E-state index in [9.17, 15) is 9.18 Å². The molecule has 0 spiro atoms. The van der Waals surface area contributed by atoms with Crippen LogP contribution >= 0.6 is 0 Å². The summed E-state index contributed by atoms with van der Waals surface area (Å²) in [5.74, 6) is -0.0904. The molecule has 115 valence electrons. The van der Waals surface area contributed by atoms with Crippen LogP contribution in [0.2, 0.25) is 0 Å². The maximum absolute atomic E-state index is 12.9. The Bertz CT molecular complexity index is 779. The molecule has 0 fully saturated rings. The third-order valence-electron chi connectivity index (χ3n) is 3.33. The molecular formula is C17H15FN4O+. The number of likely N-dealkylation sites (N-methyl/N-ethyl adjacent to an activating group) is 1. The summed E-state index contributed by atoms with van der Waals surface area (Å²) in [7, 11) is 1.75. The van der Waals surface area contributed by atoms with Gasteiger partial charge in [0.05, 0.1) is 0 Å². The number of aromatic nitrogens is 1. The molecule has 1 N–H and O–H groups in total. The topological polar surface area (TPSA) is 57.4 Å². The van der Waals surface area contributed by atoms with Crippen LogP contribution in [0.25, 0.3) is 0 Å². The monoisotopic (exact) mass is 310 g/mol. The fraction of sp³-hybridized carbons (Fsp3) is 0.118. The quantitative estimate of drug-likeness (QED) is 0.883. The van der Waals surface area contributed by atoms with Gasteiger partial charge in [-0.25, -0.2) is 9.37 Å². The van der Waals surface area contributed by atoms with Gasteiger partial charge < -0.3 is 5.32 Å². The predicted molar refractivity (Wildman–Crippen MR) is 83.1 cm³/mol. The highest BCUT2D eigenvalue weighted by atomic mass is 19.1. The van der Waals surface area contributed by atoms with Gasteiger partial charge in [0.2, 0.25) is 0 Å². The van der Waals surface area contributed by atoms with Gasteiger partial charge in [-0.05, 0) is 35.7 Å². The van der Waals surface area contributed by atoms with Crippen LogP contribution in [0.4, 0.5) is 10.2 Å². The van der Waals surface area contributed by atoms with Gasteiger partial charge >= 0.3 is 0 Å². The van der Waals surface area contributed by atoms with Gasteiger partial charge in [0.25, 0.3) is 12.5 Å². The number of pyridine rings is 1. The summed E-state index contributed by atoms with van der Waals surface area (Å²) in [4.78, 5) is 16.2. The highest BCUT2D eigenvalue weighted by Crippen LogP contribution is 2.14. The zero-order valence-corrected chi connectivity index (χ0v) is 12.5. The Morgan fingerprint density at radius 2 is 1.91 bits per heavy atom. The van der Waals surface area contributed by atoms with Crippen LogP contribution in [0.1, 0.15) is 11.1 Å². The van der Waals surface area contributed by atoms with Crippen molar-refractivity contribution in [1.82, 2.24) is 4.98 Å². The lowest BCUT2D eigenvalue weighted by Gasteiger charge is -2.05. The maximum Gasteiger partial charge on any atom is 0.281 e. The first-order valence-electron chi connectivity index (χ1n) is 7.10. The molecule has 1 aliphatic rings. The normalized spacial score (nSPS) is 13.5. The van der Waals surface area contributed by atoms with E-state index in [1.807, 2.05) is 6.07 Å². The molecule has 0 bridgehead atoms. The Balaban J connectivity index is 1.63. The van der Waals surface area contributed by atoms with E-state index in [-0.39, 0.29) is 11.7 Å². The number of carbonyl (C=O) groups excluding carboxylic acids is 1. The fourth-order valence-corrected chi connectivity index (χ4v) is 2.16. The summed E-state index contributed by atoms with van der Waals surface area (Å²) in [6, 6.07) is 9.97. The van der Waals surface area contributed by atoms with E-state index in [1.54, 1.807) is 48.8 Å². The highest BCUT2D eigenvalue weighted by molar-refractivity contribution is 6.02. The molecule has 1 aliphatic heterocycles. The van der Waals surface area contributed by atoms with Crippen molar-refractivity contribution in [2.24, 2.45) is 5.11 Å². The largest absolute Gasteiger partial charge is 0.305 e. The Hall–Kier alpha value is -2.89. The summed E-state index contributed by atoms with van der Waals surface area (Å²) >= 11 is 0. The number of nitrogens with one attached hydrogen (secondary N) is 1. The van der Waals surface area contributed by atoms with Crippen molar-refractivity contribution in [2.45, 2.75) is 6.42 Å². The van der Waals surface area contributed by atoms with Crippen molar-refractivity contribution in [1.29, 1.82) is 0 Å². The first-order chi connectivity index (χ1) is 11.1. The molecule has 2 aromatic rings. The molecule has 1 amide bonds. The van der Waals surface area contributed by atoms with E-state index in [0.717, 1.165) is 11.1 Å². The average molecular weight is 310 g/mol. The molecule has 0 saturated carbocycles. The van der Waals surface area contributed by atoms with E-state index in [0.29, 0.717) is 17.9 Å². The Morgan fingerprint density at radius 1 is 1.17 bits per heavy atom. The molecule has 0 saturated heterocycles. The smallest absolute Gasteiger partial charge is 0.281 e. The van der Waals surface area contributed by atoms with E-state index in [1.165, 1.54) is 12.1 Å². The predicted octanol–water partition coefficient (Wildman–Crippen LogP) is 2.90. The Kier molecular flexibility index (Phi) is 4.23. The van der Waals surface area contributed by atoms with Crippen molar-refractivity contribution in [3.8, 4) is 0 Å². The summed E-state index contributed by atoms with van der Waals surface area (Å²) in [5.41, 5.74) is 2.32. The van der Waals surface area contributed by atoms with Gasteiger partial charge in [-0.15, -0.1) is 4.70 Å². The molecule has 5 nitrogen and oxygen atoms in total. The number of carbonyl (C=O) groups is 1. The summed E-state index contributed by atoms with van der Waals surface area (Å²) in [5, 5.41) is 6.73. The number of halogens is 1. The van der Waals surface area contributed by atoms with Crippen LogP contribution in [-0.4, -0.2) is 22.6 Å². The zero-order valence-electron chi connectivity index (χ0n) is 12.5. The van der Waals surface area contributed by atoms with Crippen molar-refractivity contribution < 1.29 is 13.9 Å². The lowest BCUT2D eigenvalue weighted by Crippen LogP contribution is -2.13. The number of anilines is 1. The summed E-state index contributed by atoms with van der Waals surface area (Å²) in [6.07, 6.45) is 3.98. The number of amides is 1. The van der Waals surface area contributed by atoms with Gasteiger partial charge in [0, 0.05) is 17.4 Å². The molecular weight excluding hydrogens is 295 g/mol. The highest BCUT2D eigenvalue weighted by Gasteiger charge is 2.20. The molecule has 23 heavy (non-hydrogen) atoms. The van der Waals surface area contributed by atoms with Gasteiger partial charge in [-0.2, -0.15) is 0 Å². The second-order valence-electron chi connectivity index (χ2n) is 5.18. The lowest BCUT2D eigenvalue weighted by atomic mass is 10.1. The molecule has 1 radical (unpaired) electrons. The minimum Gasteiger partial charge on any atom is -0.305 e.